The van der Waals surface area contributed by atoms with Crippen molar-refractivity contribution in [3.05, 3.63) is 95.3 Å². The molecule has 0 radical (unpaired) electrons. The smallest absolute Gasteiger partial charge is 0.227 e. The van der Waals surface area contributed by atoms with E-state index in [1.165, 1.54) is 11.1 Å². The van der Waals surface area contributed by atoms with Gasteiger partial charge in [-0.05, 0) is 61.2 Å². The SMILES string of the molecule is [2H]C([2H])([2H])c1ccc2c(n1)oc1c(-c3cc(Cc4ccccc4)c(C)cn3)cccc12. The molecule has 0 aliphatic carbocycles. The second-order valence-electron chi connectivity index (χ2n) is 6.99. The van der Waals surface area contributed by atoms with Gasteiger partial charge in [-0.1, -0.05) is 42.5 Å². The molecule has 0 saturated heterocycles. The van der Waals surface area contributed by atoms with Crippen molar-refractivity contribution in [2.45, 2.75) is 20.2 Å². The van der Waals surface area contributed by atoms with Crippen molar-refractivity contribution in [1.82, 2.24) is 9.97 Å². The third-order valence-electron chi connectivity index (χ3n) is 5.09. The van der Waals surface area contributed by atoms with Crippen LogP contribution in [0.15, 0.2) is 77.3 Å². The molecule has 28 heavy (non-hydrogen) atoms. The van der Waals surface area contributed by atoms with Crippen LogP contribution < -0.4 is 0 Å². The van der Waals surface area contributed by atoms with Gasteiger partial charge in [-0.15, -0.1) is 0 Å². The van der Waals surface area contributed by atoms with E-state index in [1.54, 1.807) is 12.1 Å². The van der Waals surface area contributed by atoms with Crippen molar-refractivity contribution in [1.29, 1.82) is 0 Å². The largest absolute Gasteiger partial charge is 0.437 e. The number of hydrogen-bond donors (Lipinski definition) is 0. The van der Waals surface area contributed by atoms with Crippen LogP contribution in [0.5, 0.6) is 0 Å². The summed E-state index contributed by atoms with van der Waals surface area (Å²) in [6.07, 6.45) is 2.71. The number of nitrogens with zero attached hydrogens (tertiary/aromatic N) is 2. The van der Waals surface area contributed by atoms with E-state index in [-0.39, 0.29) is 5.69 Å². The molecule has 0 bridgehead atoms. The molecule has 0 amide bonds. The van der Waals surface area contributed by atoms with E-state index in [2.05, 4.69) is 35.1 Å². The van der Waals surface area contributed by atoms with E-state index in [0.29, 0.717) is 11.3 Å². The summed E-state index contributed by atoms with van der Waals surface area (Å²) in [6.45, 7) is -0.210. The molecule has 0 spiro atoms. The van der Waals surface area contributed by atoms with Gasteiger partial charge in [-0.25, -0.2) is 4.98 Å². The molecular formula is C25H20N2O. The molecule has 2 aromatic carbocycles. The number of furan rings is 1. The van der Waals surface area contributed by atoms with E-state index >= 15 is 0 Å². The van der Waals surface area contributed by atoms with Gasteiger partial charge < -0.3 is 4.42 Å². The highest BCUT2D eigenvalue weighted by molar-refractivity contribution is 6.08. The van der Waals surface area contributed by atoms with Crippen LogP contribution in [0.25, 0.3) is 33.3 Å². The zero-order valence-electron chi connectivity index (χ0n) is 18.4. The summed E-state index contributed by atoms with van der Waals surface area (Å²) in [4.78, 5) is 8.91. The first kappa shape index (κ1) is 13.7. The second kappa shape index (κ2) is 6.61. The zero-order chi connectivity index (χ0) is 21.6. The first-order chi connectivity index (χ1) is 14.9. The van der Waals surface area contributed by atoms with E-state index in [4.69, 9.17) is 8.53 Å². The summed E-state index contributed by atoms with van der Waals surface area (Å²) >= 11 is 0. The van der Waals surface area contributed by atoms with Crippen molar-refractivity contribution in [3.8, 4) is 11.3 Å². The number of pyridine rings is 2. The highest BCUT2D eigenvalue weighted by Crippen LogP contribution is 2.35. The maximum Gasteiger partial charge on any atom is 0.227 e. The molecule has 3 nitrogen and oxygen atoms in total. The van der Waals surface area contributed by atoms with Gasteiger partial charge in [0, 0.05) is 32.3 Å². The van der Waals surface area contributed by atoms with Gasteiger partial charge in [-0.2, -0.15) is 0 Å². The lowest BCUT2D eigenvalue weighted by Crippen LogP contribution is -1.95. The summed E-state index contributed by atoms with van der Waals surface area (Å²) in [6, 6.07) is 21.6. The highest BCUT2D eigenvalue weighted by Gasteiger charge is 2.14. The Morgan fingerprint density at radius 3 is 2.71 bits per heavy atom. The van der Waals surface area contributed by atoms with Crippen molar-refractivity contribution >= 4 is 22.1 Å². The van der Waals surface area contributed by atoms with Gasteiger partial charge in [0.1, 0.15) is 5.58 Å². The van der Waals surface area contributed by atoms with Crippen LogP contribution in [0.4, 0.5) is 0 Å². The van der Waals surface area contributed by atoms with E-state index in [0.717, 1.165) is 34.0 Å². The molecule has 5 aromatic rings. The Balaban J connectivity index is 1.64. The Morgan fingerprint density at radius 2 is 1.86 bits per heavy atom. The van der Waals surface area contributed by atoms with Gasteiger partial charge in [-0.3, -0.25) is 4.98 Å². The topological polar surface area (TPSA) is 38.9 Å². The molecule has 5 rings (SSSR count). The van der Waals surface area contributed by atoms with Crippen LogP contribution in [-0.2, 0) is 6.42 Å². The fraction of sp³-hybridized carbons (Fsp3) is 0.120. The van der Waals surface area contributed by atoms with E-state index < -0.39 is 6.85 Å². The van der Waals surface area contributed by atoms with Gasteiger partial charge in [0.25, 0.3) is 0 Å². The molecule has 0 aliphatic rings. The monoisotopic (exact) mass is 367 g/mol. The van der Waals surface area contributed by atoms with Crippen molar-refractivity contribution < 1.29 is 8.53 Å². The van der Waals surface area contributed by atoms with Crippen LogP contribution in [0.2, 0.25) is 0 Å². The lowest BCUT2D eigenvalue weighted by atomic mass is 9.99. The minimum absolute atomic E-state index is 0.0271. The fourth-order valence-electron chi connectivity index (χ4n) is 3.60. The number of rotatable bonds is 3. The summed E-state index contributed by atoms with van der Waals surface area (Å²) < 4.78 is 28.9. The lowest BCUT2D eigenvalue weighted by molar-refractivity contribution is 0.653. The molecule has 0 aliphatic heterocycles. The Hall–Kier alpha value is -3.46. The fourth-order valence-corrected chi connectivity index (χ4v) is 3.60. The first-order valence-electron chi connectivity index (χ1n) is 10.7. The van der Waals surface area contributed by atoms with Gasteiger partial charge in [0.15, 0.2) is 0 Å². The first-order valence-corrected chi connectivity index (χ1v) is 9.23. The summed E-state index contributed by atoms with van der Waals surface area (Å²) in [5.41, 5.74) is 6.27. The van der Waals surface area contributed by atoms with Crippen LogP contribution >= 0.6 is 0 Å². The van der Waals surface area contributed by atoms with Crippen LogP contribution in [0.1, 0.15) is 26.5 Å². The number of aromatic nitrogens is 2. The molecule has 136 valence electrons. The normalized spacial score (nSPS) is 13.4. The number of benzene rings is 2. The standard InChI is InChI=1S/C25H20N2O/c1-16-15-26-23(14-19(16)13-18-7-4-3-5-8-18)22-10-6-9-20-21-12-11-17(2)27-25(21)28-24(20)22/h3-12,14-15H,13H2,1-2H3/i2D3. The summed E-state index contributed by atoms with van der Waals surface area (Å²) in [5.74, 6) is 0. The van der Waals surface area contributed by atoms with E-state index in [1.807, 2.05) is 42.6 Å². The number of hydrogen-bond acceptors (Lipinski definition) is 3. The lowest BCUT2D eigenvalue weighted by Gasteiger charge is -2.09. The van der Waals surface area contributed by atoms with Gasteiger partial charge >= 0.3 is 0 Å². The Morgan fingerprint density at radius 1 is 0.964 bits per heavy atom. The maximum absolute atomic E-state index is 7.61. The minimum Gasteiger partial charge on any atom is -0.437 e. The number of para-hydroxylation sites is 1. The van der Waals surface area contributed by atoms with Crippen LogP contribution in [0, 0.1) is 13.8 Å². The average molecular weight is 367 g/mol. The molecule has 3 aromatic heterocycles. The quantitative estimate of drug-likeness (QED) is 0.378. The molecule has 3 heterocycles. The molecule has 0 unspecified atom stereocenters. The average Bonchev–Trinajstić information content (AvgIpc) is 3.13. The molecule has 0 N–H and O–H groups in total. The second-order valence-corrected chi connectivity index (χ2v) is 6.99. The highest BCUT2D eigenvalue weighted by atomic mass is 16.3. The molecular weight excluding hydrogens is 344 g/mol. The van der Waals surface area contributed by atoms with Gasteiger partial charge in [0.2, 0.25) is 5.71 Å². The summed E-state index contributed by atoms with van der Waals surface area (Å²) in [7, 11) is 0. The van der Waals surface area contributed by atoms with Gasteiger partial charge in [0.05, 0.1) is 5.69 Å². The Labute approximate surface area is 167 Å². The number of fused-ring (bicyclic) bond motifs is 3. The number of aryl methyl sites for hydroxylation is 2. The van der Waals surface area contributed by atoms with Crippen LogP contribution in [0.3, 0.4) is 0 Å². The molecule has 0 saturated carbocycles. The zero-order valence-corrected chi connectivity index (χ0v) is 15.4. The third-order valence-corrected chi connectivity index (χ3v) is 5.09. The Bertz CT molecular complexity index is 1410. The third kappa shape index (κ3) is 2.85. The molecule has 0 atom stereocenters. The molecule has 0 fully saturated rings. The maximum atomic E-state index is 7.61. The predicted molar refractivity (Wildman–Crippen MR) is 113 cm³/mol. The van der Waals surface area contributed by atoms with Crippen molar-refractivity contribution in [2.24, 2.45) is 0 Å². The summed E-state index contributed by atoms with van der Waals surface area (Å²) in [5, 5.41) is 1.69. The van der Waals surface area contributed by atoms with Crippen LogP contribution in [-0.4, -0.2) is 9.97 Å². The Kier molecular flexibility index (Phi) is 3.23. The van der Waals surface area contributed by atoms with E-state index in [9.17, 15) is 0 Å². The van der Waals surface area contributed by atoms with Crippen molar-refractivity contribution in [3.63, 3.8) is 0 Å². The van der Waals surface area contributed by atoms with Crippen molar-refractivity contribution in [2.75, 3.05) is 0 Å². The molecule has 3 heteroatoms. The minimum atomic E-state index is -2.28. The predicted octanol–water partition coefficient (Wildman–Crippen LogP) is 6.25.